The number of benzene rings is 2. The van der Waals surface area contributed by atoms with E-state index >= 15 is 0 Å². The number of unbranched alkanes of at least 4 members (excludes halogenated alkanes) is 6. The van der Waals surface area contributed by atoms with E-state index in [0.717, 1.165) is 6.42 Å². The summed E-state index contributed by atoms with van der Waals surface area (Å²) >= 11 is 0. The molecule has 0 aromatic heterocycles. The molecule has 2 rings (SSSR count). The summed E-state index contributed by atoms with van der Waals surface area (Å²) < 4.78 is 7.24. The minimum Gasteiger partial charge on any atom is -0.404 e. The van der Waals surface area contributed by atoms with Crippen molar-refractivity contribution in [3.63, 3.8) is 0 Å². The van der Waals surface area contributed by atoms with Crippen LogP contribution in [-0.4, -0.2) is 26.1 Å². The average Bonchev–Trinajstić information content (AvgIpc) is 2.77. The van der Waals surface area contributed by atoms with E-state index in [2.05, 4.69) is 88.4 Å². The molecule has 0 bridgehead atoms. The van der Waals surface area contributed by atoms with Crippen LogP contribution in [0.1, 0.15) is 85.5 Å². The third kappa shape index (κ3) is 7.30. The van der Waals surface area contributed by atoms with Crippen molar-refractivity contribution >= 4 is 18.7 Å². The molecule has 0 aliphatic carbocycles. The zero-order chi connectivity index (χ0) is 22.6. The first-order valence-corrected chi connectivity index (χ1v) is 14.3. The topological polar surface area (TPSA) is 29.5 Å². The predicted octanol–water partition coefficient (Wildman–Crippen LogP) is 6.45. The Labute approximate surface area is 192 Å². The predicted molar refractivity (Wildman–Crippen MR) is 137 cm³/mol. The maximum Gasteiger partial charge on any atom is 0.261 e. The highest BCUT2D eigenvalue weighted by atomic mass is 28.4. The van der Waals surface area contributed by atoms with E-state index in [-0.39, 0.29) is 17.7 Å². The summed E-state index contributed by atoms with van der Waals surface area (Å²) in [5.74, 6) is 0. The molecule has 1 unspecified atom stereocenters. The summed E-state index contributed by atoms with van der Waals surface area (Å²) in [6, 6.07) is 21.7. The average molecular weight is 441 g/mol. The fourth-order valence-electron chi connectivity index (χ4n) is 4.68. The number of hydrogen-bond donors (Lipinski definition) is 1. The lowest BCUT2D eigenvalue weighted by Gasteiger charge is -2.45. The molecule has 3 heteroatoms. The van der Waals surface area contributed by atoms with Crippen molar-refractivity contribution in [2.75, 3.05) is 6.61 Å². The van der Waals surface area contributed by atoms with Gasteiger partial charge in [-0.05, 0) is 28.3 Å². The van der Waals surface area contributed by atoms with E-state index in [0.29, 0.717) is 6.42 Å². The van der Waals surface area contributed by atoms with Crippen LogP contribution in [0.25, 0.3) is 0 Å². The number of aliphatic hydroxyl groups excluding tert-OH is 1. The second-order valence-electron chi connectivity index (χ2n) is 9.83. The molecule has 0 saturated carbocycles. The van der Waals surface area contributed by atoms with Crippen LogP contribution in [0.15, 0.2) is 60.7 Å². The molecule has 0 heterocycles. The Morgan fingerprint density at radius 3 is 1.68 bits per heavy atom. The zero-order valence-corrected chi connectivity index (χ0v) is 21.3. The van der Waals surface area contributed by atoms with Crippen molar-refractivity contribution in [2.24, 2.45) is 0 Å². The number of aliphatic hydroxyl groups is 1. The summed E-state index contributed by atoms with van der Waals surface area (Å²) in [4.78, 5) is 0. The fourth-order valence-corrected chi connectivity index (χ4v) is 9.43. The van der Waals surface area contributed by atoms with Gasteiger partial charge < -0.3 is 9.53 Å². The largest absolute Gasteiger partial charge is 0.404 e. The lowest BCUT2D eigenvalue weighted by atomic mass is 10.1. The van der Waals surface area contributed by atoms with Crippen LogP contribution in [0.5, 0.6) is 0 Å². The van der Waals surface area contributed by atoms with Crippen LogP contribution in [0, 0.1) is 0 Å². The van der Waals surface area contributed by atoms with E-state index in [1.54, 1.807) is 0 Å². The first-order chi connectivity index (χ1) is 15.0. The van der Waals surface area contributed by atoms with E-state index < -0.39 is 8.32 Å². The Hall–Kier alpha value is -1.42. The molecule has 1 N–H and O–H groups in total. The van der Waals surface area contributed by atoms with Crippen molar-refractivity contribution in [1.82, 2.24) is 0 Å². The molecule has 0 radical (unpaired) electrons. The fraction of sp³-hybridized carbons (Fsp3) is 0.571. The number of rotatable bonds is 14. The molecule has 172 valence electrons. The first-order valence-electron chi connectivity index (χ1n) is 12.4. The molecule has 0 aliphatic heterocycles. The molecule has 0 aliphatic rings. The Kier molecular flexibility index (Phi) is 11.0. The Morgan fingerprint density at radius 1 is 0.742 bits per heavy atom. The minimum absolute atomic E-state index is 0.0242. The van der Waals surface area contributed by atoms with E-state index in [1.165, 1.54) is 55.3 Å². The Balaban J connectivity index is 2.26. The molecule has 1 atom stereocenters. The van der Waals surface area contributed by atoms with E-state index in [1.807, 2.05) is 0 Å². The monoisotopic (exact) mass is 440 g/mol. The summed E-state index contributed by atoms with van der Waals surface area (Å²) in [5, 5.41) is 12.4. The highest BCUT2D eigenvalue weighted by Crippen LogP contribution is 2.38. The number of hydrogen-bond acceptors (Lipinski definition) is 2. The van der Waals surface area contributed by atoms with Crippen molar-refractivity contribution in [1.29, 1.82) is 0 Å². The second kappa shape index (κ2) is 13.2. The van der Waals surface area contributed by atoms with Crippen molar-refractivity contribution in [3.8, 4) is 0 Å². The van der Waals surface area contributed by atoms with Crippen molar-refractivity contribution in [2.45, 2.75) is 96.6 Å². The maximum absolute atomic E-state index is 9.81. The van der Waals surface area contributed by atoms with Crippen LogP contribution >= 0.6 is 0 Å². The normalized spacial score (nSPS) is 13.3. The molecule has 0 fully saturated rings. The second-order valence-corrected chi connectivity index (χ2v) is 14.1. The quantitative estimate of drug-likeness (QED) is 0.270. The zero-order valence-electron chi connectivity index (χ0n) is 20.3. The van der Waals surface area contributed by atoms with Crippen LogP contribution < -0.4 is 10.4 Å². The van der Waals surface area contributed by atoms with Crippen molar-refractivity contribution < 1.29 is 9.53 Å². The van der Waals surface area contributed by atoms with Gasteiger partial charge in [0.05, 0.1) is 0 Å². The third-order valence-electron chi connectivity index (χ3n) is 6.34. The van der Waals surface area contributed by atoms with Gasteiger partial charge in [0.25, 0.3) is 8.32 Å². The summed E-state index contributed by atoms with van der Waals surface area (Å²) in [5.41, 5.74) is 0. The lowest BCUT2D eigenvalue weighted by Crippen LogP contribution is -2.67. The SMILES string of the molecule is CCCCCCCCCC(CCO)O[Si](c1ccccc1)(c1ccccc1)C(C)(C)C. The standard InChI is InChI=1S/C28H44O2Si/c1-5-6-7-8-9-10-13-18-25(23-24-29)30-31(28(2,3)4,26-19-14-11-15-20-26)27-21-16-12-17-22-27/h11-12,14-17,19-22,25,29H,5-10,13,18,23-24H2,1-4H3. The summed E-state index contributed by atoms with van der Waals surface area (Å²) in [7, 11) is -2.55. The van der Waals surface area contributed by atoms with Gasteiger partial charge in [0.1, 0.15) is 0 Å². The third-order valence-corrected chi connectivity index (χ3v) is 11.4. The Morgan fingerprint density at radius 2 is 1.23 bits per heavy atom. The van der Waals surface area contributed by atoms with E-state index in [4.69, 9.17) is 4.43 Å². The van der Waals surface area contributed by atoms with Gasteiger partial charge in [-0.25, -0.2) is 0 Å². The van der Waals surface area contributed by atoms with Gasteiger partial charge in [-0.3, -0.25) is 0 Å². The maximum atomic E-state index is 9.81. The van der Waals surface area contributed by atoms with Gasteiger partial charge >= 0.3 is 0 Å². The minimum atomic E-state index is -2.55. The van der Waals surface area contributed by atoms with Crippen LogP contribution in [-0.2, 0) is 4.43 Å². The highest BCUT2D eigenvalue weighted by Gasteiger charge is 2.51. The molecule has 2 aromatic rings. The van der Waals surface area contributed by atoms with Gasteiger partial charge in [0.2, 0.25) is 0 Å². The molecule has 2 aromatic carbocycles. The van der Waals surface area contributed by atoms with Gasteiger partial charge in [-0.2, -0.15) is 0 Å². The molecule has 0 spiro atoms. The van der Waals surface area contributed by atoms with Crippen LogP contribution in [0.3, 0.4) is 0 Å². The summed E-state index contributed by atoms with van der Waals surface area (Å²) in [6.45, 7) is 9.41. The molecule has 31 heavy (non-hydrogen) atoms. The molecule has 0 amide bonds. The van der Waals surface area contributed by atoms with Gasteiger partial charge in [0, 0.05) is 12.7 Å². The van der Waals surface area contributed by atoms with Crippen molar-refractivity contribution in [3.05, 3.63) is 60.7 Å². The molecular formula is C28H44O2Si. The van der Waals surface area contributed by atoms with Gasteiger partial charge in [-0.1, -0.05) is 133 Å². The highest BCUT2D eigenvalue weighted by molar-refractivity contribution is 6.99. The lowest BCUT2D eigenvalue weighted by molar-refractivity contribution is 0.133. The molecule has 2 nitrogen and oxygen atoms in total. The van der Waals surface area contributed by atoms with E-state index in [9.17, 15) is 5.11 Å². The Bertz CT molecular complexity index is 669. The first kappa shape index (κ1) is 25.8. The molecule has 0 saturated heterocycles. The van der Waals surface area contributed by atoms with Crippen LogP contribution in [0.2, 0.25) is 5.04 Å². The van der Waals surface area contributed by atoms with Gasteiger partial charge in [0.15, 0.2) is 0 Å². The summed E-state index contributed by atoms with van der Waals surface area (Å²) in [6.07, 6.45) is 10.9. The molecular weight excluding hydrogens is 396 g/mol. The smallest absolute Gasteiger partial charge is 0.261 e. The van der Waals surface area contributed by atoms with Crippen LogP contribution in [0.4, 0.5) is 0 Å². The van der Waals surface area contributed by atoms with Gasteiger partial charge in [-0.15, -0.1) is 0 Å².